The van der Waals surface area contributed by atoms with E-state index in [4.69, 9.17) is 5.73 Å². The summed E-state index contributed by atoms with van der Waals surface area (Å²) < 4.78 is 5.63. The van der Waals surface area contributed by atoms with Crippen molar-refractivity contribution in [3.05, 3.63) is 28.7 Å². The normalized spacial score (nSPS) is 11.0. The standard InChI is InChI=1S/C10H12BrN3O2/c1-2-16-10(15)9(12)14-13-8-5-3-7(11)4-6-8/h3-6,13H,2H2,1H3,(H2,12,14). The Morgan fingerprint density at radius 3 is 2.69 bits per heavy atom. The first-order valence-electron chi connectivity index (χ1n) is 4.65. The molecule has 0 aliphatic rings. The van der Waals surface area contributed by atoms with Crippen molar-refractivity contribution < 1.29 is 9.53 Å². The number of benzene rings is 1. The fraction of sp³-hybridized carbons (Fsp3) is 0.200. The second-order valence-electron chi connectivity index (χ2n) is 2.84. The van der Waals surface area contributed by atoms with Gasteiger partial charge in [-0.2, -0.15) is 0 Å². The van der Waals surface area contributed by atoms with Crippen LogP contribution in [-0.2, 0) is 9.53 Å². The molecule has 86 valence electrons. The lowest BCUT2D eigenvalue weighted by Gasteiger charge is -2.02. The van der Waals surface area contributed by atoms with Crippen LogP contribution in [0.5, 0.6) is 0 Å². The van der Waals surface area contributed by atoms with Gasteiger partial charge in [0.2, 0.25) is 5.84 Å². The third-order valence-corrected chi connectivity index (χ3v) is 2.16. The van der Waals surface area contributed by atoms with Crippen LogP contribution in [-0.4, -0.2) is 18.4 Å². The number of rotatable bonds is 3. The molecule has 0 heterocycles. The van der Waals surface area contributed by atoms with Gasteiger partial charge in [-0.15, -0.1) is 5.10 Å². The summed E-state index contributed by atoms with van der Waals surface area (Å²) in [6, 6.07) is 7.29. The topological polar surface area (TPSA) is 76.7 Å². The molecule has 6 heteroatoms. The van der Waals surface area contributed by atoms with E-state index >= 15 is 0 Å². The van der Waals surface area contributed by atoms with Crippen molar-refractivity contribution in [2.75, 3.05) is 12.0 Å². The van der Waals surface area contributed by atoms with E-state index in [0.29, 0.717) is 0 Å². The van der Waals surface area contributed by atoms with E-state index in [1.165, 1.54) is 0 Å². The molecule has 0 spiro atoms. The zero-order chi connectivity index (χ0) is 12.0. The fourth-order valence-electron chi connectivity index (χ4n) is 0.900. The van der Waals surface area contributed by atoms with Crippen LogP contribution in [0.1, 0.15) is 6.92 Å². The average Bonchev–Trinajstić information content (AvgIpc) is 2.28. The van der Waals surface area contributed by atoms with Crippen LogP contribution in [0.25, 0.3) is 0 Å². The van der Waals surface area contributed by atoms with Crippen molar-refractivity contribution in [2.45, 2.75) is 6.92 Å². The van der Waals surface area contributed by atoms with Gasteiger partial charge in [0.25, 0.3) is 0 Å². The fourth-order valence-corrected chi connectivity index (χ4v) is 1.16. The van der Waals surface area contributed by atoms with Gasteiger partial charge < -0.3 is 10.5 Å². The first kappa shape index (κ1) is 12.5. The molecule has 0 saturated heterocycles. The van der Waals surface area contributed by atoms with Crippen molar-refractivity contribution >= 4 is 33.4 Å². The van der Waals surface area contributed by atoms with Crippen LogP contribution >= 0.6 is 15.9 Å². The number of amidine groups is 1. The maximum Gasteiger partial charge on any atom is 0.375 e. The molecular weight excluding hydrogens is 274 g/mol. The van der Waals surface area contributed by atoms with Gasteiger partial charge in [-0.3, -0.25) is 5.43 Å². The second kappa shape index (κ2) is 6.12. The quantitative estimate of drug-likeness (QED) is 0.384. The zero-order valence-corrected chi connectivity index (χ0v) is 10.3. The van der Waals surface area contributed by atoms with Gasteiger partial charge in [0.1, 0.15) is 0 Å². The second-order valence-corrected chi connectivity index (χ2v) is 3.75. The molecule has 0 radical (unpaired) electrons. The third kappa shape index (κ3) is 3.90. The summed E-state index contributed by atoms with van der Waals surface area (Å²) in [6.07, 6.45) is 0. The van der Waals surface area contributed by atoms with Crippen molar-refractivity contribution in [3.8, 4) is 0 Å². The van der Waals surface area contributed by atoms with E-state index < -0.39 is 5.97 Å². The number of hydrazone groups is 1. The summed E-state index contributed by atoms with van der Waals surface area (Å²) >= 11 is 3.31. The van der Waals surface area contributed by atoms with Crippen molar-refractivity contribution in [1.29, 1.82) is 0 Å². The molecule has 3 N–H and O–H groups in total. The lowest BCUT2D eigenvalue weighted by molar-refractivity contribution is -0.135. The maximum atomic E-state index is 11.1. The van der Waals surface area contributed by atoms with Gasteiger partial charge in [-0.05, 0) is 31.2 Å². The van der Waals surface area contributed by atoms with Gasteiger partial charge in [0.05, 0.1) is 12.3 Å². The summed E-state index contributed by atoms with van der Waals surface area (Å²) in [6.45, 7) is 1.97. The minimum absolute atomic E-state index is 0.204. The zero-order valence-electron chi connectivity index (χ0n) is 8.74. The Balaban J connectivity index is 2.58. The molecule has 0 aliphatic heterocycles. The minimum atomic E-state index is -0.632. The number of ether oxygens (including phenoxy) is 1. The van der Waals surface area contributed by atoms with Gasteiger partial charge in [0, 0.05) is 4.47 Å². The molecule has 1 aromatic carbocycles. The number of anilines is 1. The van der Waals surface area contributed by atoms with Crippen LogP contribution in [0.2, 0.25) is 0 Å². The predicted molar refractivity (Wildman–Crippen MR) is 66.0 cm³/mol. The molecule has 0 unspecified atom stereocenters. The number of hydrogen-bond donors (Lipinski definition) is 2. The van der Waals surface area contributed by atoms with Crippen molar-refractivity contribution in [1.82, 2.24) is 0 Å². The number of carbonyl (C=O) groups is 1. The summed E-state index contributed by atoms with van der Waals surface area (Å²) in [5.74, 6) is -0.836. The molecule has 1 rings (SSSR count). The van der Waals surface area contributed by atoms with Crippen LogP contribution in [0.3, 0.4) is 0 Å². The molecular formula is C10H12BrN3O2. The van der Waals surface area contributed by atoms with E-state index in [0.717, 1.165) is 10.2 Å². The average molecular weight is 286 g/mol. The highest BCUT2D eigenvalue weighted by Crippen LogP contribution is 2.13. The van der Waals surface area contributed by atoms with Gasteiger partial charge in [-0.1, -0.05) is 15.9 Å². The monoisotopic (exact) mass is 285 g/mol. The number of esters is 1. The molecule has 0 aliphatic carbocycles. The first-order valence-corrected chi connectivity index (χ1v) is 5.44. The van der Waals surface area contributed by atoms with Crippen LogP contribution in [0, 0.1) is 0 Å². The smallest absolute Gasteiger partial charge is 0.375 e. The summed E-state index contributed by atoms with van der Waals surface area (Å²) in [5.41, 5.74) is 8.77. The molecule has 5 nitrogen and oxygen atoms in total. The van der Waals surface area contributed by atoms with Crippen LogP contribution < -0.4 is 11.2 Å². The summed E-state index contributed by atoms with van der Waals surface area (Å²) in [4.78, 5) is 11.1. The lowest BCUT2D eigenvalue weighted by atomic mass is 10.3. The minimum Gasteiger partial charge on any atom is -0.460 e. The number of nitrogens with zero attached hydrogens (tertiary/aromatic N) is 1. The molecule has 0 bridgehead atoms. The Labute approximate surface area is 102 Å². The van der Waals surface area contributed by atoms with E-state index in [-0.39, 0.29) is 12.4 Å². The van der Waals surface area contributed by atoms with Crippen molar-refractivity contribution in [3.63, 3.8) is 0 Å². The molecule has 0 aromatic heterocycles. The number of nitrogens with two attached hydrogens (primary N) is 1. The Kier molecular flexibility index (Phi) is 4.78. The molecule has 1 aromatic rings. The maximum absolute atomic E-state index is 11.1. The highest BCUT2D eigenvalue weighted by molar-refractivity contribution is 9.10. The van der Waals surface area contributed by atoms with E-state index in [1.54, 1.807) is 19.1 Å². The van der Waals surface area contributed by atoms with Gasteiger partial charge >= 0.3 is 5.97 Å². The van der Waals surface area contributed by atoms with E-state index in [2.05, 4.69) is 31.2 Å². The van der Waals surface area contributed by atoms with Crippen LogP contribution in [0.4, 0.5) is 5.69 Å². The Morgan fingerprint density at radius 1 is 1.50 bits per heavy atom. The number of carbonyl (C=O) groups excluding carboxylic acids is 1. The molecule has 0 amide bonds. The van der Waals surface area contributed by atoms with Gasteiger partial charge in [-0.25, -0.2) is 4.79 Å². The van der Waals surface area contributed by atoms with E-state index in [1.807, 2.05) is 12.1 Å². The van der Waals surface area contributed by atoms with E-state index in [9.17, 15) is 4.79 Å². The molecule has 0 fully saturated rings. The van der Waals surface area contributed by atoms with Gasteiger partial charge in [0.15, 0.2) is 0 Å². The predicted octanol–water partition coefficient (Wildman–Crippen LogP) is 1.70. The van der Waals surface area contributed by atoms with Crippen molar-refractivity contribution in [2.24, 2.45) is 10.8 Å². The number of nitrogens with one attached hydrogen (secondary N) is 1. The first-order chi connectivity index (χ1) is 7.63. The summed E-state index contributed by atoms with van der Waals surface area (Å²) in [5, 5.41) is 3.70. The number of halogens is 1. The Bertz CT molecular complexity index is 390. The largest absolute Gasteiger partial charge is 0.460 e. The Hall–Kier alpha value is -1.56. The third-order valence-electron chi connectivity index (χ3n) is 1.63. The number of hydrogen-bond acceptors (Lipinski definition) is 4. The summed E-state index contributed by atoms with van der Waals surface area (Å²) in [7, 11) is 0. The Morgan fingerprint density at radius 2 is 2.12 bits per heavy atom. The molecule has 16 heavy (non-hydrogen) atoms. The molecule has 0 atom stereocenters. The van der Waals surface area contributed by atoms with Crippen LogP contribution in [0.15, 0.2) is 33.8 Å². The SMILES string of the molecule is CCOC(=O)/C(N)=N/Nc1ccc(Br)cc1. The lowest BCUT2D eigenvalue weighted by Crippen LogP contribution is -2.27. The highest BCUT2D eigenvalue weighted by atomic mass is 79.9. The molecule has 0 saturated carbocycles. The highest BCUT2D eigenvalue weighted by Gasteiger charge is 2.06.